The Morgan fingerprint density at radius 3 is 2.00 bits per heavy atom. The molecule has 0 N–H and O–H groups in total. The molecule has 98 valence electrons. The van der Waals surface area contributed by atoms with Crippen molar-refractivity contribution < 1.29 is 52.1 Å². The van der Waals surface area contributed by atoms with E-state index >= 15 is 0 Å². The molecule has 0 atom stereocenters. The van der Waals surface area contributed by atoms with Gasteiger partial charge < -0.3 is 9.29 Å². The summed E-state index contributed by atoms with van der Waals surface area (Å²) in [6, 6.07) is 13.1. The maximum absolute atomic E-state index is 11.7. The number of ether oxygens (including phenoxy) is 1. The molecule has 0 unspecified atom stereocenters. The molecule has 2 aromatic rings. The van der Waals surface area contributed by atoms with Crippen LogP contribution >= 0.6 is 0 Å². The van der Waals surface area contributed by atoms with E-state index in [0.29, 0.717) is 5.56 Å². The van der Waals surface area contributed by atoms with E-state index in [1.807, 2.05) is 0 Å². The fraction of sp³-hybridized carbons (Fsp3) is 0. The SMILES string of the molecule is O=C(Oc1ccc(S(=O)(=O)[O-])cc1)c1ccccc1.[Na+]. The number of esters is 1. The summed E-state index contributed by atoms with van der Waals surface area (Å²) in [6.07, 6.45) is 0. The molecule has 0 aromatic heterocycles. The minimum Gasteiger partial charge on any atom is -0.744 e. The summed E-state index contributed by atoms with van der Waals surface area (Å²) in [7, 11) is -4.49. The number of carbonyl (C=O) groups is 1. The molecule has 20 heavy (non-hydrogen) atoms. The summed E-state index contributed by atoms with van der Waals surface area (Å²) in [6.45, 7) is 0. The first-order valence-corrected chi connectivity index (χ1v) is 6.71. The van der Waals surface area contributed by atoms with E-state index in [1.54, 1.807) is 30.3 Å². The smallest absolute Gasteiger partial charge is 0.744 e. The van der Waals surface area contributed by atoms with Crippen LogP contribution in [0.15, 0.2) is 59.5 Å². The van der Waals surface area contributed by atoms with Crippen LogP contribution in [0.2, 0.25) is 0 Å². The zero-order chi connectivity index (χ0) is 13.9. The van der Waals surface area contributed by atoms with Crippen molar-refractivity contribution in [3.05, 3.63) is 60.2 Å². The van der Waals surface area contributed by atoms with Gasteiger partial charge in [-0.15, -0.1) is 0 Å². The zero-order valence-electron chi connectivity index (χ0n) is 10.6. The first kappa shape index (κ1) is 16.9. The molecule has 0 bridgehead atoms. The molecule has 2 aromatic carbocycles. The van der Waals surface area contributed by atoms with Crippen molar-refractivity contribution in [2.24, 2.45) is 0 Å². The average Bonchev–Trinajstić information content (AvgIpc) is 2.39. The first-order valence-electron chi connectivity index (χ1n) is 5.30. The quantitative estimate of drug-likeness (QED) is 0.308. The van der Waals surface area contributed by atoms with E-state index in [4.69, 9.17) is 4.74 Å². The predicted molar refractivity (Wildman–Crippen MR) is 65.8 cm³/mol. The third-order valence-corrected chi connectivity index (χ3v) is 3.18. The molecule has 0 aliphatic carbocycles. The Morgan fingerprint density at radius 2 is 1.50 bits per heavy atom. The molecule has 0 fully saturated rings. The van der Waals surface area contributed by atoms with Crippen LogP contribution in [-0.2, 0) is 10.1 Å². The van der Waals surface area contributed by atoms with Crippen molar-refractivity contribution >= 4 is 16.1 Å². The fourth-order valence-corrected chi connectivity index (χ4v) is 1.88. The van der Waals surface area contributed by atoms with Gasteiger partial charge in [-0.25, -0.2) is 13.2 Å². The molecular weight excluding hydrogens is 291 g/mol. The van der Waals surface area contributed by atoms with Gasteiger partial charge in [0.05, 0.1) is 10.5 Å². The van der Waals surface area contributed by atoms with Crippen molar-refractivity contribution in [3.8, 4) is 5.75 Å². The normalized spacial score (nSPS) is 10.4. The zero-order valence-corrected chi connectivity index (χ0v) is 13.5. The average molecular weight is 300 g/mol. The number of hydrogen-bond acceptors (Lipinski definition) is 5. The maximum Gasteiger partial charge on any atom is 1.00 e. The van der Waals surface area contributed by atoms with Gasteiger partial charge in [-0.3, -0.25) is 0 Å². The van der Waals surface area contributed by atoms with Crippen molar-refractivity contribution in [2.45, 2.75) is 4.90 Å². The Bertz CT molecular complexity index is 680. The van der Waals surface area contributed by atoms with E-state index in [9.17, 15) is 17.8 Å². The Kier molecular flexibility index (Phi) is 5.91. The second-order valence-corrected chi connectivity index (χ2v) is 5.06. The minimum absolute atomic E-state index is 0. The summed E-state index contributed by atoms with van der Waals surface area (Å²) in [4.78, 5) is 11.3. The Morgan fingerprint density at radius 1 is 0.950 bits per heavy atom. The van der Waals surface area contributed by atoms with E-state index in [0.717, 1.165) is 12.1 Å². The Balaban J connectivity index is 0.00000200. The van der Waals surface area contributed by atoms with Crippen LogP contribution in [-0.4, -0.2) is 18.9 Å². The summed E-state index contributed by atoms with van der Waals surface area (Å²) in [5.41, 5.74) is 0.378. The summed E-state index contributed by atoms with van der Waals surface area (Å²) in [5, 5.41) is 0. The van der Waals surface area contributed by atoms with Crippen LogP contribution < -0.4 is 34.3 Å². The molecule has 7 heteroatoms. The molecule has 0 radical (unpaired) electrons. The standard InChI is InChI=1S/C13H10O5S.Na/c14-13(10-4-2-1-3-5-10)18-11-6-8-12(9-7-11)19(15,16)17;/h1-9H,(H,15,16,17);/q;+1/p-1. The Hall–Kier alpha value is -1.18. The molecular formula is C13H9NaO5S. The van der Waals surface area contributed by atoms with Gasteiger partial charge >= 0.3 is 35.5 Å². The van der Waals surface area contributed by atoms with Gasteiger partial charge in [0, 0.05) is 0 Å². The number of benzene rings is 2. The van der Waals surface area contributed by atoms with Crippen LogP contribution in [0.3, 0.4) is 0 Å². The first-order chi connectivity index (χ1) is 8.97. The summed E-state index contributed by atoms with van der Waals surface area (Å²) in [5.74, 6) is -0.389. The van der Waals surface area contributed by atoms with Crippen LogP contribution in [0, 0.1) is 0 Å². The molecule has 0 aliphatic heterocycles. The van der Waals surface area contributed by atoms with Crippen molar-refractivity contribution in [1.29, 1.82) is 0 Å². The molecule has 0 saturated carbocycles. The second-order valence-electron chi connectivity index (χ2n) is 3.68. The fourth-order valence-electron chi connectivity index (χ4n) is 1.41. The van der Waals surface area contributed by atoms with E-state index in [1.165, 1.54) is 12.1 Å². The number of rotatable bonds is 3. The summed E-state index contributed by atoms with van der Waals surface area (Å²) >= 11 is 0. The number of hydrogen-bond donors (Lipinski definition) is 0. The van der Waals surface area contributed by atoms with Crippen molar-refractivity contribution in [3.63, 3.8) is 0 Å². The third-order valence-electron chi connectivity index (χ3n) is 2.33. The van der Waals surface area contributed by atoms with Crippen molar-refractivity contribution in [2.75, 3.05) is 0 Å². The molecule has 0 aliphatic rings. The van der Waals surface area contributed by atoms with Crippen LogP contribution in [0.4, 0.5) is 0 Å². The largest absolute Gasteiger partial charge is 1.00 e. The van der Waals surface area contributed by atoms with Crippen LogP contribution in [0.25, 0.3) is 0 Å². The third kappa shape index (κ3) is 4.43. The second kappa shape index (κ2) is 7.01. The van der Waals surface area contributed by atoms with E-state index < -0.39 is 16.1 Å². The molecule has 0 amide bonds. The van der Waals surface area contributed by atoms with Gasteiger partial charge in [0.2, 0.25) is 0 Å². The predicted octanol–water partition coefficient (Wildman–Crippen LogP) is -1.19. The van der Waals surface area contributed by atoms with Gasteiger partial charge in [-0.1, -0.05) is 18.2 Å². The minimum atomic E-state index is -4.49. The monoisotopic (exact) mass is 300 g/mol. The molecule has 0 saturated heterocycles. The van der Waals surface area contributed by atoms with E-state index in [2.05, 4.69) is 0 Å². The van der Waals surface area contributed by atoms with Gasteiger partial charge in [-0.2, -0.15) is 0 Å². The topological polar surface area (TPSA) is 83.5 Å². The van der Waals surface area contributed by atoms with Crippen LogP contribution in [0.1, 0.15) is 10.4 Å². The molecule has 2 rings (SSSR count). The summed E-state index contributed by atoms with van der Waals surface area (Å²) < 4.78 is 37.2. The van der Waals surface area contributed by atoms with Gasteiger partial charge in [0.25, 0.3) is 0 Å². The van der Waals surface area contributed by atoms with E-state index in [-0.39, 0.29) is 40.2 Å². The van der Waals surface area contributed by atoms with Gasteiger partial charge in [0.1, 0.15) is 15.9 Å². The number of carbonyl (C=O) groups excluding carboxylic acids is 1. The molecule has 5 nitrogen and oxygen atoms in total. The maximum atomic E-state index is 11.7. The van der Waals surface area contributed by atoms with Crippen molar-refractivity contribution in [1.82, 2.24) is 0 Å². The van der Waals surface area contributed by atoms with Gasteiger partial charge in [0.15, 0.2) is 0 Å². The molecule has 0 heterocycles. The van der Waals surface area contributed by atoms with Gasteiger partial charge in [-0.05, 0) is 36.4 Å². The van der Waals surface area contributed by atoms with Crippen LogP contribution in [0.5, 0.6) is 5.75 Å². The molecule has 0 spiro atoms. The Labute approximate surface area is 138 Å².